The molecule has 0 radical (unpaired) electrons. The van der Waals surface area contributed by atoms with E-state index in [-0.39, 0.29) is 11.8 Å². The van der Waals surface area contributed by atoms with E-state index in [0.29, 0.717) is 12.3 Å². The minimum atomic E-state index is 0.0378. The van der Waals surface area contributed by atoms with Crippen molar-refractivity contribution in [1.82, 2.24) is 10.6 Å². The first kappa shape index (κ1) is 19.3. The summed E-state index contributed by atoms with van der Waals surface area (Å²) in [7, 11) is 0. The van der Waals surface area contributed by atoms with Crippen LogP contribution in [0, 0.1) is 5.92 Å². The van der Waals surface area contributed by atoms with Crippen LogP contribution in [0.3, 0.4) is 0 Å². The Morgan fingerprint density at radius 2 is 1.70 bits per heavy atom. The van der Waals surface area contributed by atoms with E-state index in [1.165, 1.54) is 0 Å². The molecule has 0 rings (SSSR count). The van der Waals surface area contributed by atoms with Crippen LogP contribution in [0.5, 0.6) is 0 Å². The smallest absolute Gasteiger partial charge is 0.219 e. The van der Waals surface area contributed by atoms with Crippen LogP contribution in [0.25, 0.3) is 0 Å². The quantitative estimate of drug-likeness (QED) is 0.545. The van der Waals surface area contributed by atoms with Gasteiger partial charge in [-0.25, -0.2) is 0 Å². The average molecular weight is 302 g/mol. The topological polar surface area (TPSA) is 58.2 Å². The highest BCUT2D eigenvalue weighted by Gasteiger charge is 2.05. The monoisotopic (exact) mass is 302 g/mol. The second kappa shape index (κ2) is 13.3. The molecule has 1 unspecified atom stereocenters. The summed E-state index contributed by atoms with van der Waals surface area (Å²) in [5.41, 5.74) is 0. The minimum Gasteiger partial charge on any atom is -0.356 e. The van der Waals surface area contributed by atoms with Gasteiger partial charge < -0.3 is 10.6 Å². The van der Waals surface area contributed by atoms with Gasteiger partial charge in [0.05, 0.1) is 0 Å². The van der Waals surface area contributed by atoms with Gasteiger partial charge in [-0.1, -0.05) is 13.3 Å². The van der Waals surface area contributed by atoms with Gasteiger partial charge in [0, 0.05) is 26.4 Å². The molecule has 2 N–H and O–H groups in total. The summed E-state index contributed by atoms with van der Waals surface area (Å²) in [6, 6.07) is 0. The predicted octanol–water partition coefficient (Wildman–Crippen LogP) is 2.58. The van der Waals surface area contributed by atoms with Crippen molar-refractivity contribution in [2.75, 3.05) is 25.1 Å². The second-order valence-corrected chi connectivity index (χ2v) is 6.30. The Morgan fingerprint density at radius 3 is 2.35 bits per heavy atom. The van der Waals surface area contributed by atoms with Crippen molar-refractivity contribution in [2.45, 2.75) is 52.4 Å². The number of hydrogen-bond donors (Lipinski definition) is 2. The molecule has 4 nitrogen and oxygen atoms in total. The van der Waals surface area contributed by atoms with Crippen LogP contribution >= 0.6 is 11.8 Å². The van der Waals surface area contributed by atoms with E-state index in [0.717, 1.165) is 50.9 Å². The summed E-state index contributed by atoms with van der Waals surface area (Å²) in [5, 5.41) is 5.76. The van der Waals surface area contributed by atoms with Crippen LogP contribution < -0.4 is 10.6 Å². The number of nitrogens with one attached hydrogen (secondary N) is 2. The first-order valence-corrected chi connectivity index (χ1v) is 8.95. The molecule has 0 spiro atoms. The first-order valence-electron chi connectivity index (χ1n) is 7.56. The molecule has 0 saturated carbocycles. The van der Waals surface area contributed by atoms with E-state index < -0.39 is 0 Å². The van der Waals surface area contributed by atoms with Gasteiger partial charge in [0.15, 0.2) is 0 Å². The lowest BCUT2D eigenvalue weighted by atomic mass is 9.98. The number of thioether (sulfide) groups is 1. The summed E-state index contributed by atoms with van der Waals surface area (Å²) in [5.74, 6) is 1.94. The standard InChI is InChI=1S/C15H30N2O2S/c1-13(8-5-10-16-14(2)18)7-4-9-15(19)17-11-6-12-20-3/h13H,4-12H2,1-3H3,(H,16,18)(H,17,19). The summed E-state index contributed by atoms with van der Waals surface area (Å²) < 4.78 is 0. The van der Waals surface area contributed by atoms with Crippen molar-refractivity contribution in [2.24, 2.45) is 5.92 Å². The van der Waals surface area contributed by atoms with E-state index in [9.17, 15) is 9.59 Å². The number of carbonyl (C=O) groups is 2. The Bertz CT molecular complexity index is 273. The highest BCUT2D eigenvalue weighted by atomic mass is 32.2. The van der Waals surface area contributed by atoms with Crippen molar-refractivity contribution < 1.29 is 9.59 Å². The SMILES string of the molecule is CSCCCNC(=O)CCCC(C)CCCNC(C)=O. The third-order valence-electron chi connectivity index (χ3n) is 3.20. The van der Waals surface area contributed by atoms with Crippen molar-refractivity contribution in [3.05, 3.63) is 0 Å². The molecule has 0 aliphatic heterocycles. The van der Waals surface area contributed by atoms with Crippen molar-refractivity contribution in [1.29, 1.82) is 0 Å². The van der Waals surface area contributed by atoms with Crippen LogP contribution in [-0.2, 0) is 9.59 Å². The molecule has 0 aliphatic carbocycles. The van der Waals surface area contributed by atoms with E-state index in [4.69, 9.17) is 0 Å². The molecular formula is C15H30N2O2S. The van der Waals surface area contributed by atoms with E-state index in [1.807, 2.05) is 11.8 Å². The van der Waals surface area contributed by atoms with Crippen LogP contribution in [-0.4, -0.2) is 36.9 Å². The predicted molar refractivity (Wildman–Crippen MR) is 86.9 cm³/mol. The van der Waals surface area contributed by atoms with Crippen molar-refractivity contribution in [3.63, 3.8) is 0 Å². The molecule has 0 aromatic rings. The fraction of sp³-hybridized carbons (Fsp3) is 0.867. The summed E-state index contributed by atoms with van der Waals surface area (Å²) in [4.78, 5) is 22.3. The molecule has 20 heavy (non-hydrogen) atoms. The molecule has 0 aromatic heterocycles. The molecule has 5 heteroatoms. The van der Waals surface area contributed by atoms with E-state index >= 15 is 0 Å². The van der Waals surface area contributed by atoms with Crippen molar-refractivity contribution >= 4 is 23.6 Å². The molecule has 0 heterocycles. The van der Waals surface area contributed by atoms with Crippen LogP contribution in [0.15, 0.2) is 0 Å². The lowest BCUT2D eigenvalue weighted by Crippen LogP contribution is -2.24. The number of amides is 2. The molecule has 0 bridgehead atoms. The zero-order valence-corrected chi connectivity index (χ0v) is 14.0. The summed E-state index contributed by atoms with van der Waals surface area (Å²) in [6.45, 7) is 5.31. The zero-order valence-electron chi connectivity index (χ0n) is 13.2. The molecule has 0 fully saturated rings. The maximum Gasteiger partial charge on any atom is 0.219 e. The van der Waals surface area contributed by atoms with Gasteiger partial charge in [0.2, 0.25) is 11.8 Å². The van der Waals surface area contributed by atoms with Gasteiger partial charge in [0.1, 0.15) is 0 Å². The normalized spacial score (nSPS) is 11.9. The highest BCUT2D eigenvalue weighted by molar-refractivity contribution is 7.98. The van der Waals surface area contributed by atoms with Gasteiger partial charge in [-0.3, -0.25) is 9.59 Å². The summed E-state index contributed by atoms with van der Waals surface area (Å²) >= 11 is 1.81. The first-order chi connectivity index (χ1) is 9.56. The Morgan fingerprint density at radius 1 is 1.05 bits per heavy atom. The maximum absolute atomic E-state index is 11.6. The summed E-state index contributed by atoms with van der Waals surface area (Å²) in [6.07, 6.45) is 7.92. The Balaban J connectivity index is 3.39. The van der Waals surface area contributed by atoms with Gasteiger partial charge in [-0.2, -0.15) is 11.8 Å². The molecule has 0 saturated heterocycles. The average Bonchev–Trinajstić information content (AvgIpc) is 2.39. The fourth-order valence-corrected chi connectivity index (χ4v) is 2.44. The van der Waals surface area contributed by atoms with Gasteiger partial charge >= 0.3 is 0 Å². The fourth-order valence-electron chi connectivity index (χ4n) is 2.00. The van der Waals surface area contributed by atoms with Crippen LogP contribution in [0.2, 0.25) is 0 Å². The highest BCUT2D eigenvalue weighted by Crippen LogP contribution is 2.13. The Hall–Kier alpha value is -0.710. The van der Waals surface area contributed by atoms with Gasteiger partial charge in [-0.05, 0) is 43.6 Å². The zero-order chi connectivity index (χ0) is 15.2. The Labute approximate surface area is 127 Å². The molecule has 1 atom stereocenters. The van der Waals surface area contributed by atoms with E-state index in [2.05, 4.69) is 23.8 Å². The minimum absolute atomic E-state index is 0.0378. The molecule has 0 aliphatic rings. The molecule has 2 amide bonds. The largest absolute Gasteiger partial charge is 0.356 e. The third-order valence-corrected chi connectivity index (χ3v) is 3.89. The number of hydrogen-bond acceptors (Lipinski definition) is 3. The lowest BCUT2D eigenvalue weighted by Gasteiger charge is -2.11. The van der Waals surface area contributed by atoms with Crippen molar-refractivity contribution in [3.8, 4) is 0 Å². The Kier molecular flexibility index (Phi) is 12.8. The maximum atomic E-state index is 11.6. The second-order valence-electron chi connectivity index (χ2n) is 5.32. The lowest BCUT2D eigenvalue weighted by molar-refractivity contribution is -0.121. The van der Waals surface area contributed by atoms with Crippen LogP contribution in [0.4, 0.5) is 0 Å². The molecular weight excluding hydrogens is 272 g/mol. The number of carbonyl (C=O) groups excluding carboxylic acids is 2. The number of rotatable bonds is 12. The van der Waals surface area contributed by atoms with Gasteiger partial charge in [0.25, 0.3) is 0 Å². The molecule has 118 valence electrons. The van der Waals surface area contributed by atoms with Crippen LogP contribution in [0.1, 0.15) is 52.4 Å². The van der Waals surface area contributed by atoms with E-state index in [1.54, 1.807) is 6.92 Å². The third kappa shape index (κ3) is 13.7. The molecule has 0 aromatic carbocycles. The van der Waals surface area contributed by atoms with Gasteiger partial charge in [-0.15, -0.1) is 0 Å².